The van der Waals surface area contributed by atoms with Gasteiger partial charge in [-0.1, -0.05) is 37.3 Å². The van der Waals surface area contributed by atoms with Crippen LogP contribution < -0.4 is 0 Å². The summed E-state index contributed by atoms with van der Waals surface area (Å²) in [6.45, 7) is 1.77. The second kappa shape index (κ2) is 5.47. The Morgan fingerprint density at radius 1 is 1.38 bits per heavy atom. The first-order chi connectivity index (χ1) is 7.60. The largest absolute Gasteiger partial charge is 0.223 e. The Labute approximate surface area is 95.9 Å². The maximum absolute atomic E-state index is 11.7. The van der Waals surface area contributed by atoms with Crippen LogP contribution in [-0.4, -0.2) is 14.2 Å². The van der Waals surface area contributed by atoms with E-state index in [2.05, 4.69) is 0 Å². The Morgan fingerprint density at radius 3 is 2.50 bits per heavy atom. The van der Waals surface area contributed by atoms with Gasteiger partial charge in [-0.25, -0.2) is 8.42 Å². The van der Waals surface area contributed by atoms with Gasteiger partial charge in [0.05, 0.1) is 5.75 Å². The summed E-state index contributed by atoms with van der Waals surface area (Å²) in [4.78, 5) is -0.166. The first kappa shape index (κ1) is 12.5. The smallest absolute Gasteiger partial charge is 0.188 e. The van der Waals surface area contributed by atoms with Crippen LogP contribution in [0.1, 0.15) is 18.9 Å². The quantitative estimate of drug-likeness (QED) is 0.753. The molecule has 0 unspecified atom stereocenters. The zero-order valence-corrected chi connectivity index (χ0v) is 9.87. The predicted molar refractivity (Wildman–Crippen MR) is 64.1 cm³/mol. The van der Waals surface area contributed by atoms with Gasteiger partial charge in [0.15, 0.2) is 9.84 Å². The van der Waals surface area contributed by atoms with Gasteiger partial charge in [0.25, 0.3) is 0 Å². The second-order valence-corrected chi connectivity index (χ2v) is 5.43. The van der Waals surface area contributed by atoms with E-state index in [1.165, 1.54) is 6.08 Å². The number of benzene rings is 1. The molecule has 0 atom stereocenters. The molecule has 4 heteroatoms. The van der Waals surface area contributed by atoms with Crippen molar-refractivity contribution in [1.29, 1.82) is 5.26 Å². The second-order valence-electron chi connectivity index (χ2n) is 3.35. The summed E-state index contributed by atoms with van der Waals surface area (Å²) in [6.07, 6.45) is 1.92. The Kier molecular flexibility index (Phi) is 4.27. The van der Waals surface area contributed by atoms with Gasteiger partial charge in [0, 0.05) is 0 Å². The number of hydrogen-bond donors (Lipinski definition) is 0. The Hall–Kier alpha value is -1.60. The Morgan fingerprint density at radius 2 is 2.00 bits per heavy atom. The van der Waals surface area contributed by atoms with E-state index < -0.39 is 9.84 Å². The van der Waals surface area contributed by atoms with E-state index in [0.717, 1.165) is 5.56 Å². The third-order valence-electron chi connectivity index (χ3n) is 2.02. The summed E-state index contributed by atoms with van der Waals surface area (Å²) < 4.78 is 23.4. The molecule has 1 rings (SSSR count). The summed E-state index contributed by atoms with van der Waals surface area (Å²) in [6, 6.07) is 10.7. The van der Waals surface area contributed by atoms with Crippen LogP contribution in [0.25, 0.3) is 6.08 Å². The van der Waals surface area contributed by atoms with Crippen LogP contribution in [0.3, 0.4) is 0 Å². The van der Waals surface area contributed by atoms with Gasteiger partial charge in [-0.3, -0.25) is 0 Å². The van der Waals surface area contributed by atoms with Crippen molar-refractivity contribution >= 4 is 15.9 Å². The topological polar surface area (TPSA) is 57.9 Å². The molecule has 1 aromatic rings. The monoisotopic (exact) mass is 235 g/mol. The van der Waals surface area contributed by atoms with E-state index in [1.54, 1.807) is 37.3 Å². The van der Waals surface area contributed by atoms with Gasteiger partial charge in [0.2, 0.25) is 0 Å². The fourth-order valence-electron chi connectivity index (χ4n) is 1.27. The number of hydrogen-bond acceptors (Lipinski definition) is 3. The summed E-state index contributed by atoms with van der Waals surface area (Å²) in [5, 5.41) is 8.85. The Bertz CT molecular complexity index is 510. The van der Waals surface area contributed by atoms with Crippen molar-refractivity contribution in [3.05, 3.63) is 40.8 Å². The van der Waals surface area contributed by atoms with Crippen molar-refractivity contribution in [2.24, 2.45) is 0 Å². The fourth-order valence-corrected chi connectivity index (χ4v) is 2.48. The van der Waals surface area contributed by atoms with Crippen LogP contribution in [0, 0.1) is 11.3 Å². The van der Waals surface area contributed by atoms with Crippen LogP contribution in [0.2, 0.25) is 0 Å². The standard InChI is InChI=1S/C12H13NO2S/c1-2-8-16(14,15)12(10-13)9-11-6-4-3-5-7-11/h3-7,9H,2,8H2,1H3/b12-9+. The van der Waals surface area contributed by atoms with Crippen LogP contribution in [0.4, 0.5) is 0 Å². The molecule has 0 spiro atoms. The van der Waals surface area contributed by atoms with E-state index in [9.17, 15) is 8.42 Å². The zero-order chi connectivity index (χ0) is 12.0. The summed E-state index contributed by atoms with van der Waals surface area (Å²) >= 11 is 0. The lowest BCUT2D eigenvalue weighted by molar-refractivity contribution is 0.602. The third-order valence-corrected chi connectivity index (χ3v) is 3.84. The highest BCUT2D eigenvalue weighted by Gasteiger charge is 2.15. The van der Waals surface area contributed by atoms with Crippen molar-refractivity contribution < 1.29 is 8.42 Å². The van der Waals surface area contributed by atoms with Gasteiger partial charge < -0.3 is 0 Å². The van der Waals surface area contributed by atoms with Crippen molar-refractivity contribution in [3.63, 3.8) is 0 Å². The maximum atomic E-state index is 11.7. The molecule has 3 nitrogen and oxygen atoms in total. The zero-order valence-electron chi connectivity index (χ0n) is 9.05. The molecule has 0 saturated carbocycles. The van der Waals surface area contributed by atoms with Gasteiger partial charge >= 0.3 is 0 Å². The highest BCUT2D eigenvalue weighted by atomic mass is 32.2. The van der Waals surface area contributed by atoms with Crippen molar-refractivity contribution in [1.82, 2.24) is 0 Å². The molecule has 1 aromatic carbocycles. The number of allylic oxidation sites excluding steroid dienone is 1. The number of rotatable bonds is 4. The third kappa shape index (κ3) is 3.21. The van der Waals surface area contributed by atoms with E-state index in [0.29, 0.717) is 6.42 Å². The SMILES string of the molecule is CCCS(=O)(=O)/C(C#N)=C/c1ccccc1. The minimum absolute atomic E-state index is 0.0131. The molecule has 0 aliphatic heterocycles. The Balaban J connectivity index is 3.11. The van der Waals surface area contributed by atoms with Crippen molar-refractivity contribution in [2.75, 3.05) is 5.75 Å². The lowest BCUT2D eigenvalue weighted by Gasteiger charge is -2.00. The number of nitrogens with zero attached hydrogens (tertiary/aromatic N) is 1. The summed E-state index contributed by atoms with van der Waals surface area (Å²) in [5.41, 5.74) is 0.721. The molecule has 0 N–H and O–H groups in total. The van der Waals surface area contributed by atoms with Crippen LogP contribution in [0.15, 0.2) is 35.2 Å². The highest BCUT2D eigenvalue weighted by Crippen LogP contribution is 2.13. The van der Waals surface area contributed by atoms with Crippen molar-refractivity contribution in [3.8, 4) is 6.07 Å². The summed E-state index contributed by atoms with van der Waals surface area (Å²) in [5.74, 6) is 0.0131. The average Bonchev–Trinajstić information content (AvgIpc) is 2.27. The lowest BCUT2D eigenvalue weighted by atomic mass is 10.2. The molecule has 84 valence electrons. The molecular formula is C12H13NO2S. The molecule has 16 heavy (non-hydrogen) atoms. The molecule has 0 aliphatic carbocycles. The number of nitriles is 1. The molecule has 0 aromatic heterocycles. The maximum Gasteiger partial charge on any atom is 0.188 e. The minimum Gasteiger partial charge on any atom is -0.223 e. The van der Waals surface area contributed by atoms with Gasteiger partial charge in [0.1, 0.15) is 11.0 Å². The van der Waals surface area contributed by atoms with Gasteiger partial charge in [-0.15, -0.1) is 0 Å². The molecule has 0 heterocycles. The molecule has 0 bridgehead atoms. The average molecular weight is 235 g/mol. The molecule has 0 aliphatic rings. The highest BCUT2D eigenvalue weighted by molar-refractivity contribution is 7.95. The molecule has 0 radical (unpaired) electrons. The van der Waals surface area contributed by atoms with Crippen molar-refractivity contribution in [2.45, 2.75) is 13.3 Å². The summed E-state index contributed by atoms with van der Waals surface area (Å²) in [7, 11) is -3.42. The molecule has 0 saturated heterocycles. The number of sulfone groups is 1. The van der Waals surface area contributed by atoms with Gasteiger partial charge in [-0.2, -0.15) is 5.26 Å². The van der Waals surface area contributed by atoms with E-state index in [1.807, 2.05) is 6.07 Å². The van der Waals surface area contributed by atoms with Crippen LogP contribution in [-0.2, 0) is 9.84 Å². The minimum atomic E-state index is -3.42. The predicted octanol–water partition coefficient (Wildman–Crippen LogP) is 2.38. The van der Waals surface area contributed by atoms with E-state index >= 15 is 0 Å². The molecule has 0 fully saturated rings. The lowest BCUT2D eigenvalue weighted by Crippen LogP contribution is -2.07. The first-order valence-electron chi connectivity index (χ1n) is 4.99. The molecular weight excluding hydrogens is 222 g/mol. The normalized spacial score (nSPS) is 12.1. The fraction of sp³-hybridized carbons (Fsp3) is 0.250. The van der Waals surface area contributed by atoms with Crippen LogP contribution >= 0.6 is 0 Å². The molecule has 0 amide bonds. The first-order valence-corrected chi connectivity index (χ1v) is 6.65. The van der Waals surface area contributed by atoms with Crippen LogP contribution in [0.5, 0.6) is 0 Å². The van der Waals surface area contributed by atoms with E-state index in [4.69, 9.17) is 5.26 Å². The van der Waals surface area contributed by atoms with Gasteiger partial charge in [-0.05, 0) is 18.1 Å². The van der Waals surface area contributed by atoms with E-state index in [-0.39, 0.29) is 10.7 Å².